The molecule has 0 bridgehead atoms. The second kappa shape index (κ2) is 6.36. The summed E-state index contributed by atoms with van der Waals surface area (Å²) in [6.07, 6.45) is 0.577. The number of aryl methyl sites for hydroxylation is 2. The molecule has 0 aliphatic carbocycles. The predicted octanol–water partition coefficient (Wildman–Crippen LogP) is 2.82. The minimum atomic E-state index is -0.363. The van der Waals surface area contributed by atoms with Gasteiger partial charge in [0.15, 0.2) is 0 Å². The molecule has 1 aliphatic rings. The maximum atomic E-state index is 10.5. The van der Waals surface area contributed by atoms with Gasteiger partial charge in [-0.15, -0.1) is 11.3 Å². The normalized spacial score (nSPS) is 22.9. The van der Waals surface area contributed by atoms with Gasteiger partial charge in [0, 0.05) is 29.6 Å². The molecular formula is C17H22N2O2S. The molecule has 0 aromatic carbocycles. The van der Waals surface area contributed by atoms with Gasteiger partial charge in [0.2, 0.25) is 0 Å². The molecule has 118 valence electrons. The maximum absolute atomic E-state index is 10.5. The molecule has 2 aromatic heterocycles. The van der Waals surface area contributed by atoms with E-state index in [4.69, 9.17) is 0 Å². The highest BCUT2D eigenvalue weighted by atomic mass is 32.1. The summed E-state index contributed by atoms with van der Waals surface area (Å²) in [7, 11) is 0. The minimum Gasteiger partial charge on any atom is -0.506 e. The smallest absolute Gasteiger partial charge is 0.138 e. The minimum absolute atomic E-state index is 0.232. The maximum Gasteiger partial charge on any atom is 0.138 e. The first-order valence-electron chi connectivity index (χ1n) is 7.64. The van der Waals surface area contributed by atoms with Gasteiger partial charge in [-0.3, -0.25) is 9.88 Å². The van der Waals surface area contributed by atoms with E-state index in [1.807, 2.05) is 6.92 Å². The Balaban J connectivity index is 1.68. The van der Waals surface area contributed by atoms with Crippen molar-refractivity contribution in [3.63, 3.8) is 0 Å². The number of aromatic hydroxyl groups is 1. The number of rotatable bonds is 3. The van der Waals surface area contributed by atoms with Crippen LogP contribution in [0.4, 0.5) is 0 Å². The number of likely N-dealkylation sites (tertiary alicyclic amines) is 1. The molecule has 0 radical (unpaired) electrons. The van der Waals surface area contributed by atoms with Gasteiger partial charge in [-0.2, -0.15) is 0 Å². The number of thiophene rings is 1. The van der Waals surface area contributed by atoms with Crippen LogP contribution < -0.4 is 0 Å². The number of piperidine rings is 1. The van der Waals surface area contributed by atoms with Gasteiger partial charge in [-0.05, 0) is 56.0 Å². The van der Waals surface area contributed by atoms with Crippen LogP contribution in [0.2, 0.25) is 0 Å². The molecule has 3 heterocycles. The Morgan fingerprint density at radius 2 is 2.14 bits per heavy atom. The Kier molecular flexibility index (Phi) is 4.47. The van der Waals surface area contributed by atoms with Crippen molar-refractivity contribution < 1.29 is 10.2 Å². The summed E-state index contributed by atoms with van der Waals surface area (Å²) in [5.41, 5.74) is 2.87. The lowest BCUT2D eigenvalue weighted by Gasteiger charge is -2.35. The molecule has 22 heavy (non-hydrogen) atoms. The first-order chi connectivity index (χ1) is 10.5. The summed E-state index contributed by atoms with van der Waals surface area (Å²) in [4.78, 5) is 7.88. The highest BCUT2D eigenvalue weighted by Crippen LogP contribution is 2.34. The molecule has 0 unspecified atom stereocenters. The standard InChI is InChI=1S/C17H22N2O2S/c1-11-6-8-22-17(11)13-5-7-19(10-16(13)21)9-14-15(20)4-3-12(2)18-14/h3-4,6,8,13,16,20-21H,5,7,9-10H2,1-2H3/t13-,16-/m1/s1. The molecule has 1 fully saturated rings. The van der Waals surface area contributed by atoms with E-state index in [2.05, 4.69) is 28.3 Å². The van der Waals surface area contributed by atoms with E-state index in [1.54, 1.807) is 23.5 Å². The van der Waals surface area contributed by atoms with Crippen molar-refractivity contribution in [2.24, 2.45) is 0 Å². The van der Waals surface area contributed by atoms with Crippen molar-refractivity contribution in [3.8, 4) is 5.75 Å². The van der Waals surface area contributed by atoms with Gasteiger partial charge in [0.25, 0.3) is 0 Å². The van der Waals surface area contributed by atoms with E-state index in [1.165, 1.54) is 10.4 Å². The topological polar surface area (TPSA) is 56.6 Å². The highest BCUT2D eigenvalue weighted by Gasteiger charge is 2.30. The summed E-state index contributed by atoms with van der Waals surface area (Å²) in [5, 5.41) is 22.5. The third-order valence-electron chi connectivity index (χ3n) is 4.37. The molecule has 0 saturated carbocycles. The molecule has 2 aromatic rings. The number of aromatic nitrogens is 1. The van der Waals surface area contributed by atoms with Crippen LogP contribution in [0.5, 0.6) is 5.75 Å². The van der Waals surface area contributed by atoms with Crippen LogP contribution in [-0.2, 0) is 6.54 Å². The second-order valence-corrected chi connectivity index (χ2v) is 7.03. The number of aliphatic hydroxyl groups is 1. The van der Waals surface area contributed by atoms with Crippen LogP contribution in [0.25, 0.3) is 0 Å². The zero-order chi connectivity index (χ0) is 15.7. The number of hydrogen-bond acceptors (Lipinski definition) is 5. The zero-order valence-electron chi connectivity index (χ0n) is 13.0. The van der Waals surface area contributed by atoms with Crippen molar-refractivity contribution in [3.05, 3.63) is 45.4 Å². The van der Waals surface area contributed by atoms with E-state index in [0.29, 0.717) is 18.8 Å². The molecular weight excluding hydrogens is 296 g/mol. The molecule has 2 N–H and O–H groups in total. The average molecular weight is 318 g/mol. The van der Waals surface area contributed by atoms with E-state index < -0.39 is 0 Å². The third kappa shape index (κ3) is 3.16. The molecule has 3 rings (SSSR count). The van der Waals surface area contributed by atoms with E-state index >= 15 is 0 Å². The van der Waals surface area contributed by atoms with Crippen molar-refractivity contribution in [2.75, 3.05) is 13.1 Å². The van der Waals surface area contributed by atoms with Gasteiger partial charge >= 0.3 is 0 Å². The Bertz CT molecular complexity index is 656. The fraction of sp³-hybridized carbons (Fsp3) is 0.471. The molecule has 4 nitrogen and oxygen atoms in total. The summed E-state index contributed by atoms with van der Waals surface area (Å²) >= 11 is 1.74. The van der Waals surface area contributed by atoms with Crippen LogP contribution in [0.1, 0.15) is 34.2 Å². The Morgan fingerprint density at radius 3 is 2.82 bits per heavy atom. The van der Waals surface area contributed by atoms with Crippen molar-refractivity contribution in [1.82, 2.24) is 9.88 Å². The lowest BCUT2D eigenvalue weighted by molar-refractivity contribution is 0.0476. The largest absolute Gasteiger partial charge is 0.506 e. The summed E-state index contributed by atoms with van der Waals surface area (Å²) < 4.78 is 0. The lowest BCUT2D eigenvalue weighted by atomic mass is 9.90. The number of pyridine rings is 1. The lowest BCUT2D eigenvalue weighted by Crippen LogP contribution is -2.42. The monoisotopic (exact) mass is 318 g/mol. The first kappa shape index (κ1) is 15.5. The number of β-amino-alcohol motifs (C(OH)–C–C–N with tert-alkyl or cyclic N) is 1. The average Bonchev–Trinajstić information content (AvgIpc) is 2.89. The summed E-state index contributed by atoms with van der Waals surface area (Å²) in [6, 6.07) is 5.61. The fourth-order valence-corrected chi connectivity index (χ4v) is 4.26. The third-order valence-corrected chi connectivity index (χ3v) is 5.52. The number of hydrogen-bond donors (Lipinski definition) is 2. The molecule has 0 spiro atoms. The van der Waals surface area contributed by atoms with E-state index in [0.717, 1.165) is 18.7 Å². The van der Waals surface area contributed by atoms with Gasteiger partial charge in [0.1, 0.15) is 5.75 Å². The number of aliphatic hydroxyl groups excluding tert-OH is 1. The van der Waals surface area contributed by atoms with Crippen LogP contribution in [0.15, 0.2) is 23.6 Å². The van der Waals surface area contributed by atoms with E-state index in [9.17, 15) is 10.2 Å². The van der Waals surface area contributed by atoms with Gasteiger partial charge in [0.05, 0.1) is 11.8 Å². The first-order valence-corrected chi connectivity index (χ1v) is 8.52. The SMILES string of the molecule is Cc1ccc(O)c(CN2CC[C@@H](c3sccc3C)[C@H](O)C2)n1. The quantitative estimate of drug-likeness (QED) is 0.914. The molecule has 1 aliphatic heterocycles. The molecule has 0 amide bonds. The fourth-order valence-electron chi connectivity index (χ4n) is 3.14. The van der Waals surface area contributed by atoms with Gasteiger partial charge in [-0.1, -0.05) is 0 Å². The summed E-state index contributed by atoms with van der Waals surface area (Å²) in [6.45, 7) is 6.15. The molecule has 1 saturated heterocycles. The van der Waals surface area contributed by atoms with Crippen LogP contribution in [0, 0.1) is 13.8 Å². The Labute approximate surface area is 135 Å². The van der Waals surface area contributed by atoms with Crippen molar-refractivity contribution in [2.45, 2.75) is 38.8 Å². The second-order valence-electron chi connectivity index (χ2n) is 6.08. The van der Waals surface area contributed by atoms with Crippen molar-refractivity contribution >= 4 is 11.3 Å². The van der Waals surface area contributed by atoms with Crippen LogP contribution >= 0.6 is 11.3 Å². The van der Waals surface area contributed by atoms with Gasteiger partial charge < -0.3 is 10.2 Å². The van der Waals surface area contributed by atoms with Gasteiger partial charge in [-0.25, -0.2) is 0 Å². The summed E-state index contributed by atoms with van der Waals surface area (Å²) in [5.74, 6) is 0.464. The van der Waals surface area contributed by atoms with E-state index in [-0.39, 0.29) is 17.8 Å². The Hall–Kier alpha value is -1.43. The van der Waals surface area contributed by atoms with Crippen molar-refractivity contribution in [1.29, 1.82) is 0 Å². The van der Waals surface area contributed by atoms with Crippen LogP contribution in [-0.4, -0.2) is 39.3 Å². The zero-order valence-corrected chi connectivity index (χ0v) is 13.8. The predicted molar refractivity (Wildman–Crippen MR) is 88.3 cm³/mol. The number of nitrogens with zero attached hydrogens (tertiary/aromatic N) is 2. The molecule has 5 heteroatoms. The van der Waals surface area contributed by atoms with Crippen LogP contribution in [0.3, 0.4) is 0 Å². The molecule has 2 atom stereocenters. The highest BCUT2D eigenvalue weighted by molar-refractivity contribution is 7.10. The Morgan fingerprint density at radius 1 is 1.32 bits per heavy atom.